The van der Waals surface area contributed by atoms with Gasteiger partial charge in [-0.3, -0.25) is 9.69 Å². The number of sulfonamides is 1. The number of hydrogen-bond acceptors (Lipinski definition) is 6. The normalized spacial score (nSPS) is 18.1. The van der Waals surface area contributed by atoms with Gasteiger partial charge < -0.3 is 9.64 Å². The molecule has 0 aromatic heterocycles. The Morgan fingerprint density at radius 1 is 0.844 bits per heavy atom. The Labute approximate surface area is 190 Å². The molecule has 2 aliphatic rings. The zero-order valence-electron chi connectivity index (χ0n) is 18.6. The number of ether oxygens (including phenoxy) is 1. The number of benzene rings is 2. The number of carbonyl (C=O) groups is 1. The number of fused-ring (bicyclic) bond motifs is 1. The van der Waals surface area contributed by atoms with Crippen LogP contribution < -0.4 is 9.64 Å². The van der Waals surface area contributed by atoms with Crippen LogP contribution >= 0.6 is 0 Å². The van der Waals surface area contributed by atoms with Crippen LogP contribution in [0.1, 0.15) is 36.0 Å². The van der Waals surface area contributed by atoms with E-state index >= 15 is 0 Å². The highest BCUT2D eigenvalue weighted by Crippen LogP contribution is 2.30. The first-order valence-corrected chi connectivity index (χ1v) is 12.7. The van der Waals surface area contributed by atoms with E-state index in [4.69, 9.17) is 4.74 Å². The van der Waals surface area contributed by atoms with Crippen molar-refractivity contribution in [2.24, 2.45) is 0 Å². The van der Waals surface area contributed by atoms with Crippen LogP contribution in [-0.2, 0) is 10.0 Å². The van der Waals surface area contributed by atoms with E-state index in [9.17, 15) is 13.2 Å². The van der Waals surface area contributed by atoms with E-state index in [-0.39, 0.29) is 11.4 Å². The maximum atomic E-state index is 12.6. The smallest absolute Gasteiger partial charge is 0.269 e. The predicted molar refractivity (Wildman–Crippen MR) is 125 cm³/mol. The summed E-state index contributed by atoms with van der Waals surface area (Å²) in [6.45, 7) is 5.32. The molecule has 2 aromatic carbocycles. The summed E-state index contributed by atoms with van der Waals surface area (Å²) in [5.41, 5.74) is 1.45. The molecule has 1 amide bonds. The lowest BCUT2D eigenvalue weighted by Crippen LogP contribution is -2.46. The SMILES string of the molecule is COc1ccccc1N1CCN(CCCCCCN2C(=O)c3ccccc3S2(=O)=O)CC1. The molecule has 0 N–H and O–H groups in total. The van der Waals surface area contributed by atoms with Crippen LogP contribution in [0.2, 0.25) is 0 Å². The van der Waals surface area contributed by atoms with Gasteiger partial charge in [-0.05, 0) is 43.7 Å². The number of methoxy groups -OCH3 is 1. The molecule has 2 aliphatic heterocycles. The van der Waals surface area contributed by atoms with Crippen LogP contribution in [-0.4, -0.2) is 69.9 Å². The summed E-state index contributed by atoms with van der Waals surface area (Å²) in [5, 5.41) is 0. The summed E-state index contributed by atoms with van der Waals surface area (Å²) in [6, 6.07) is 14.6. The molecule has 7 nitrogen and oxygen atoms in total. The largest absolute Gasteiger partial charge is 0.495 e. The second kappa shape index (κ2) is 9.92. The van der Waals surface area contributed by atoms with Crippen molar-refractivity contribution in [1.29, 1.82) is 0 Å². The highest BCUT2D eigenvalue weighted by atomic mass is 32.2. The third-order valence-electron chi connectivity index (χ3n) is 6.30. The molecule has 32 heavy (non-hydrogen) atoms. The van der Waals surface area contributed by atoms with Gasteiger partial charge in [-0.1, -0.05) is 37.1 Å². The average Bonchev–Trinajstić information content (AvgIpc) is 3.02. The van der Waals surface area contributed by atoms with Gasteiger partial charge in [0.15, 0.2) is 0 Å². The zero-order chi connectivity index (χ0) is 22.6. The van der Waals surface area contributed by atoms with Crippen molar-refractivity contribution in [3.8, 4) is 5.75 Å². The van der Waals surface area contributed by atoms with E-state index in [1.165, 1.54) is 6.07 Å². The molecule has 0 bridgehead atoms. The Hall–Kier alpha value is -2.58. The summed E-state index contributed by atoms with van der Waals surface area (Å²) in [7, 11) is -1.97. The molecular formula is C24H31N3O4S. The first-order chi connectivity index (χ1) is 15.5. The van der Waals surface area contributed by atoms with E-state index in [2.05, 4.69) is 15.9 Å². The summed E-state index contributed by atoms with van der Waals surface area (Å²) in [6.07, 6.45) is 3.72. The Morgan fingerprint density at radius 2 is 1.50 bits per heavy atom. The summed E-state index contributed by atoms with van der Waals surface area (Å²) < 4.78 is 31.7. The van der Waals surface area contributed by atoms with Crippen molar-refractivity contribution in [1.82, 2.24) is 9.21 Å². The Morgan fingerprint density at radius 3 is 2.22 bits per heavy atom. The number of anilines is 1. The molecular weight excluding hydrogens is 426 g/mol. The Kier molecular flexibility index (Phi) is 7.01. The van der Waals surface area contributed by atoms with Crippen molar-refractivity contribution in [3.05, 3.63) is 54.1 Å². The van der Waals surface area contributed by atoms with Gasteiger partial charge in [0, 0.05) is 32.7 Å². The predicted octanol–water partition coefficient (Wildman–Crippen LogP) is 3.22. The molecule has 0 aliphatic carbocycles. The molecule has 0 saturated carbocycles. The maximum absolute atomic E-state index is 12.6. The van der Waals surface area contributed by atoms with Gasteiger partial charge in [-0.15, -0.1) is 0 Å². The fraction of sp³-hybridized carbons (Fsp3) is 0.458. The third-order valence-corrected chi connectivity index (χ3v) is 8.14. The minimum Gasteiger partial charge on any atom is -0.495 e. The monoisotopic (exact) mass is 457 g/mol. The summed E-state index contributed by atoms with van der Waals surface area (Å²) in [5.74, 6) is 0.524. The quantitative estimate of drug-likeness (QED) is 0.539. The van der Waals surface area contributed by atoms with Gasteiger partial charge in [0.05, 0.1) is 18.4 Å². The molecule has 2 heterocycles. The number of rotatable bonds is 9. The van der Waals surface area contributed by atoms with E-state index in [1.54, 1.807) is 25.3 Å². The van der Waals surface area contributed by atoms with E-state index < -0.39 is 15.9 Å². The number of para-hydroxylation sites is 2. The Balaban J connectivity index is 1.15. The van der Waals surface area contributed by atoms with E-state index in [0.717, 1.165) is 67.7 Å². The molecule has 0 radical (unpaired) electrons. The topological polar surface area (TPSA) is 70.2 Å². The van der Waals surface area contributed by atoms with Gasteiger partial charge in [0.1, 0.15) is 10.6 Å². The van der Waals surface area contributed by atoms with Gasteiger partial charge >= 0.3 is 0 Å². The zero-order valence-corrected chi connectivity index (χ0v) is 19.4. The molecule has 8 heteroatoms. The Bertz CT molecular complexity index is 1050. The van der Waals surface area contributed by atoms with Crippen molar-refractivity contribution >= 4 is 21.6 Å². The van der Waals surface area contributed by atoms with Crippen LogP contribution in [0.5, 0.6) is 5.75 Å². The molecule has 0 unspecified atom stereocenters. The number of hydrogen-bond donors (Lipinski definition) is 0. The average molecular weight is 458 g/mol. The fourth-order valence-electron chi connectivity index (χ4n) is 4.50. The maximum Gasteiger partial charge on any atom is 0.269 e. The van der Waals surface area contributed by atoms with Crippen molar-refractivity contribution < 1.29 is 17.9 Å². The van der Waals surface area contributed by atoms with E-state index in [0.29, 0.717) is 12.0 Å². The lowest BCUT2D eigenvalue weighted by molar-refractivity contribution is 0.0869. The van der Waals surface area contributed by atoms with Crippen molar-refractivity contribution in [2.45, 2.75) is 30.6 Å². The summed E-state index contributed by atoms with van der Waals surface area (Å²) in [4.78, 5) is 17.4. The molecule has 0 atom stereocenters. The van der Waals surface area contributed by atoms with Crippen molar-refractivity contribution in [2.75, 3.05) is 51.3 Å². The van der Waals surface area contributed by atoms with Crippen LogP contribution in [0, 0.1) is 0 Å². The number of piperazine rings is 1. The minimum absolute atomic E-state index is 0.136. The molecule has 1 saturated heterocycles. The first kappa shape index (κ1) is 22.6. The van der Waals surface area contributed by atoms with Crippen molar-refractivity contribution in [3.63, 3.8) is 0 Å². The minimum atomic E-state index is -3.68. The van der Waals surface area contributed by atoms with Crippen LogP contribution in [0.25, 0.3) is 0 Å². The molecule has 2 aromatic rings. The van der Waals surface area contributed by atoms with Gasteiger partial charge in [0.25, 0.3) is 15.9 Å². The highest BCUT2D eigenvalue weighted by Gasteiger charge is 2.40. The highest BCUT2D eigenvalue weighted by molar-refractivity contribution is 7.90. The molecule has 0 spiro atoms. The standard InChI is InChI=1S/C24H31N3O4S/c1-31-22-12-6-5-11-21(22)26-18-16-25(17-19-26)14-8-2-3-9-15-27-24(28)20-10-4-7-13-23(20)32(27,29)30/h4-7,10-13H,2-3,8-9,14-19H2,1H3. The van der Waals surface area contributed by atoms with Crippen LogP contribution in [0.15, 0.2) is 53.4 Å². The van der Waals surface area contributed by atoms with Gasteiger partial charge in [0.2, 0.25) is 0 Å². The van der Waals surface area contributed by atoms with Gasteiger partial charge in [-0.25, -0.2) is 12.7 Å². The van der Waals surface area contributed by atoms with E-state index in [1.807, 2.05) is 18.2 Å². The first-order valence-electron chi connectivity index (χ1n) is 11.3. The number of carbonyl (C=O) groups excluding carboxylic acids is 1. The lowest BCUT2D eigenvalue weighted by Gasteiger charge is -2.36. The lowest BCUT2D eigenvalue weighted by atomic mass is 10.1. The number of nitrogens with zero attached hydrogens (tertiary/aromatic N) is 3. The third kappa shape index (κ3) is 4.61. The van der Waals surface area contributed by atoms with Gasteiger partial charge in [-0.2, -0.15) is 0 Å². The second-order valence-electron chi connectivity index (χ2n) is 8.29. The van der Waals surface area contributed by atoms with Crippen LogP contribution in [0.3, 0.4) is 0 Å². The second-order valence-corrected chi connectivity index (χ2v) is 10.1. The van der Waals surface area contributed by atoms with Crippen LogP contribution in [0.4, 0.5) is 5.69 Å². The number of unbranched alkanes of at least 4 members (excludes halogenated alkanes) is 3. The summed E-state index contributed by atoms with van der Waals surface area (Å²) >= 11 is 0. The molecule has 172 valence electrons. The number of amides is 1. The fourth-order valence-corrected chi connectivity index (χ4v) is 6.11. The molecule has 1 fully saturated rings. The molecule has 4 rings (SSSR count).